The molecule has 0 atom stereocenters. The van der Waals surface area contributed by atoms with Crippen LogP contribution in [0.1, 0.15) is 17.0 Å². The number of benzene rings is 1. The van der Waals surface area contributed by atoms with Gasteiger partial charge in [0.05, 0.1) is 13.2 Å². The third-order valence-corrected chi connectivity index (χ3v) is 2.85. The van der Waals surface area contributed by atoms with Gasteiger partial charge in [0.1, 0.15) is 0 Å². The normalized spacial score (nSPS) is 10.8. The summed E-state index contributed by atoms with van der Waals surface area (Å²) >= 11 is 0. The molecule has 0 spiro atoms. The summed E-state index contributed by atoms with van der Waals surface area (Å²) in [5.74, 6) is 0.549. The number of hydrogen-bond acceptors (Lipinski definition) is 6. The summed E-state index contributed by atoms with van der Waals surface area (Å²) in [6, 6.07) is 6.55. The minimum absolute atomic E-state index is 0.403. The van der Waals surface area contributed by atoms with Gasteiger partial charge in [-0.1, -0.05) is 22.8 Å². The summed E-state index contributed by atoms with van der Waals surface area (Å²) in [5, 5.41) is 14.2. The molecule has 0 aliphatic carbocycles. The third kappa shape index (κ3) is 4.04. The summed E-state index contributed by atoms with van der Waals surface area (Å²) < 4.78 is 10.5. The zero-order valence-corrected chi connectivity index (χ0v) is 12.1. The molecule has 1 aromatic heterocycles. The summed E-state index contributed by atoms with van der Waals surface area (Å²) in [6.07, 6.45) is 0. The van der Waals surface area contributed by atoms with Crippen LogP contribution in [0.3, 0.4) is 0 Å². The van der Waals surface area contributed by atoms with E-state index in [9.17, 15) is 0 Å². The van der Waals surface area contributed by atoms with Crippen LogP contribution in [0, 0.1) is 13.8 Å². The van der Waals surface area contributed by atoms with Crippen molar-refractivity contribution in [1.82, 2.24) is 15.5 Å². The highest BCUT2D eigenvalue weighted by atomic mass is 16.5. The number of anilines is 2. The lowest BCUT2D eigenvalue weighted by Gasteiger charge is -2.06. The van der Waals surface area contributed by atoms with Gasteiger partial charge in [-0.25, -0.2) is 0 Å². The molecule has 2 aromatic rings. The van der Waals surface area contributed by atoms with Crippen LogP contribution in [0.25, 0.3) is 0 Å². The minimum atomic E-state index is 0.403. The Morgan fingerprint density at radius 1 is 1.25 bits per heavy atom. The van der Waals surface area contributed by atoms with E-state index in [1.54, 1.807) is 7.11 Å². The van der Waals surface area contributed by atoms with Gasteiger partial charge in [0.25, 0.3) is 0 Å². The zero-order chi connectivity index (χ0) is 14.4. The number of nitrogens with one attached hydrogen (secondary N) is 2. The molecule has 0 fully saturated rings. The maximum Gasteiger partial charge on any atom is 0.320 e. The van der Waals surface area contributed by atoms with Gasteiger partial charge in [-0.15, -0.1) is 5.10 Å². The SMILES string of the molecule is COCCNCc1nnc(Nc2ccc(C)cc2C)o1. The largest absolute Gasteiger partial charge is 0.406 e. The van der Waals surface area contributed by atoms with Gasteiger partial charge in [-0.05, 0) is 25.5 Å². The van der Waals surface area contributed by atoms with Crippen molar-refractivity contribution in [3.05, 3.63) is 35.2 Å². The van der Waals surface area contributed by atoms with E-state index < -0.39 is 0 Å². The smallest absolute Gasteiger partial charge is 0.320 e. The van der Waals surface area contributed by atoms with E-state index in [1.165, 1.54) is 5.56 Å². The van der Waals surface area contributed by atoms with Crippen molar-refractivity contribution in [1.29, 1.82) is 0 Å². The van der Waals surface area contributed by atoms with Gasteiger partial charge >= 0.3 is 6.01 Å². The van der Waals surface area contributed by atoms with Crippen LogP contribution < -0.4 is 10.6 Å². The van der Waals surface area contributed by atoms with Crippen molar-refractivity contribution in [3.63, 3.8) is 0 Å². The molecule has 1 aromatic carbocycles. The number of rotatable bonds is 7. The van der Waals surface area contributed by atoms with Gasteiger partial charge in [0.15, 0.2) is 0 Å². The van der Waals surface area contributed by atoms with Crippen LogP contribution in [0.15, 0.2) is 22.6 Å². The monoisotopic (exact) mass is 276 g/mol. The lowest BCUT2D eigenvalue weighted by Crippen LogP contribution is -2.18. The standard InChI is InChI=1S/C14H20N4O2/c1-10-4-5-12(11(2)8-10)16-14-18-17-13(20-14)9-15-6-7-19-3/h4-5,8,15H,6-7,9H2,1-3H3,(H,16,18). The quantitative estimate of drug-likeness (QED) is 0.755. The first-order valence-corrected chi connectivity index (χ1v) is 6.55. The van der Waals surface area contributed by atoms with Crippen LogP contribution in [0.2, 0.25) is 0 Å². The highest BCUT2D eigenvalue weighted by molar-refractivity contribution is 5.57. The highest BCUT2D eigenvalue weighted by Crippen LogP contribution is 2.20. The van der Waals surface area contributed by atoms with Gasteiger partial charge < -0.3 is 19.8 Å². The maximum atomic E-state index is 5.52. The molecule has 20 heavy (non-hydrogen) atoms. The third-order valence-electron chi connectivity index (χ3n) is 2.85. The van der Waals surface area contributed by atoms with Gasteiger partial charge in [-0.2, -0.15) is 0 Å². The van der Waals surface area contributed by atoms with E-state index in [1.807, 2.05) is 19.1 Å². The fraction of sp³-hybridized carbons (Fsp3) is 0.429. The number of nitrogens with zero attached hydrogens (tertiary/aromatic N) is 2. The number of hydrogen-bond donors (Lipinski definition) is 2. The summed E-state index contributed by atoms with van der Waals surface area (Å²) in [5.41, 5.74) is 3.34. The highest BCUT2D eigenvalue weighted by Gasteiger charge is 2.07. The molecule has 6 heteroatoms. The van der Waals surface area contributed by atoms with Crippen molar-refractivity contribution >= 4 is 11.7 Å². The molecule has 0 radical (unpaired) electrons. The van der Waals surface area contributed by atoms with Crippen molar-refractivity contribution in [2.24, 2.45) is 0 Å². The molecule has 0 unspecified atom stereocenters. The minimum Gasteiger partial charge on any atom is -0.406 e. The van der Waals surface area contributed by atoms with Crippen LogP contribution in [-0.2, 0) is 11.3 Å². The Morgan fingerprint density at radius 2 is 2.10 bits per heavy atom. The second-order valence-electron chi connectivity index (χ2n) is 4.61. The van der Waals surface area contributed by atoms with E-state index in [4.69, 9.17) is 9.15 Å². The van der Waals surface area contributed by atoms with Crippen LogP contribution in [-0.4, -0.2) is 30.5 Å². The molecule has 108 valence electrons. The zero-order valence-electron chi connectivity index (χ0n) is 12.1. The van der Waals surface area contributed by atoms with E-state index in [2.05, 4.69) is 33.8 Å². The number of aryl methyl sites for hydroxylation is 2. The van der Waals surface area contributed by atoms with Crippen LogP contribution in [0.5, 0.6) is 0 Å². The van der Waals surface area contributed by atoms with E-state index in [-0.39, 0.29) is 0 Å². The second kappa shape index (κ2) is 7.02. The molecular formula is C14H20N4O2. The number of ether oxygens (including phenoxy) is 1. The summed E-state index contributed by atoms with van der Waals surface area (Å²) in [6.45, 7) is 6.04. The molecule has 2 N–H and O–H groups in total. The first-order valence-electron chi connectivity index (χ1n) is 6.55. The Balaban J connectivity index is 1.92. The average molecular weight is 276 g/mol. The van der Waals surface area contributed by atoms with Crippen molar-refractivity contribution < 1.29 is 9.15 Å². The predicted octanol–water partition coefficient (Wildman–Crippen LogP) is 2.17. The molecule has 0 aliphatic heterocycles. The molecule has 1 heterocycles. The fourth-order valence-electron chi connectivity index (χ4n) is 1.81. The van der Waals surface area contributed by atoms with Crippen LogP contribution >= 0.6 is 0 Å². The summed E-state index contributed by atoms with van der Waals surface area (Å²) in [4.78, 5) is 0. The molecule has 0 bridgehead atoms. The lowest BCUT2D eigenvalue weighted by molar-refractivity contribution is 0.198. The maximum absolute atomic E-state index is 5.52. The Kier molecular flexibility index (Phi) is 5.09. The van der Waals surface area contributed by atoms with Gasteiger partial charge in [0, 0.05) is 19.3 Å². The van der Waals surface area contributed by atoms with Crippen LogP contribution in [0.4, 0.5) is 11.7 Å². The predicted molar refractivity (Wildman–Crippen MR) is 77.1 cm³/mol. The number of methoxy groups -OCH3 is 1. The fourth-order valence-corrected chi connectivity index (χ4v) is 1.81. The van der Waals surface area contributed by atoms with Crippen molar-refractivity contribution in [2.75, 3.05) is 25.6 Å². The molecular weight excluding hydrogens is 256 g/mol. The molecule has 6 nitrogen and oxygen atoms in total. The van der Waals surface area contributed by atoms with Crippen molar-refractivity contribution in [3.8, 4) is 0 Å². The molecule has 0 saturated heterocycles. The Morgan fingerprint density at radius 3 is 2.85 bits per heavy atom. The average Bonchev–Trinajstić information content (AvgIpc) is 2.86. The Hall–Kier alpha value is -1.92. The van der Waals surface area contributed by atoms with Gasteiger partial charge in [0.2, 0.25) is 5.89 Å². The van der Waals surface area contributed by atoms with Gasteiger partial charge in [-0.3, -0.25) is 0 Å². The van der Waals surface area contributed by atoms with E-state index >= 15 is 0 Å². The Labute approximate surface area is 118 Å². The first kappa shape index (κ1) is 14.5. The lowest BCUT2D eigenvalue weighted by atomic mass is 10.1. The summed E-state index contributed by atoms with van der Waals surface area (Å²) in [7, 11) is 1.67. The Bertz CT molecular complexity index is 554. The first-order chi connectivity index (χ1) is 9.69. The van der Waals surface area contributed by atoms with E-state index in [0.717, 1.165) is 17.8 Å². The van der Waals surface area contributed by atoms with E-state index in [0.29, 0.717) is 25.1 Å². The van der Waals surface area contributed by atoms with Crippen molar-refractivity contribution in [2.45, 2.75) is 20.4 Å². The molecule has 0 amide bonds. The molecule has 0 aliphatic rings. The second-order valence-corrected chi connectivity index (χ2v) is 4.61. The number of aromatic nitrogens is 2. The molecule has 0 saturated carbocycles. The molecule has 2 rings (SSSR count). The topological polar surface area (TPSA) is 72.2 Å².